The molecule has 2 aliphatic rings. The molecule has 0 amide bonds. The molecule has 0 fully saturated rings. The third-order valence-corrected chi connectivity index (χ3v) is 12.7. The van der Waals surface area contributed by atoms with Gasteiger partial charge in [0, 0.05) is 49.8 Å². The average Bonchev–Trinajstić information content (AvgIpc) is 3.87. The number of hydrogen-bond donors (Lipinski definition) is 0. The van der Waals surface area contributed by atoms with E-state index in [1.165, 1.54) is 54.4 Å². The molecule has 5 heteroatoms. The number of para-hydroxylation sites is 6. The van der Waals surface area contributed by atoms with Gasteiger partial charge in [-0.1, -0.05) is 129 Å². The van der Waals surface area contributed by atoms with Crippen LogP contribution < -0.4 is 9.64 Å². The number of rotatable bonds is 4. The Labute approximate surface area is 360 Å². The summed E-state index contributed by atoms with van der Waals surface area (Å²) >= 11 is 0. The fraction of sp³-hybridized carbons (Fsp3) is 0.0877. The number of ether oxygens (including phenoxy) is 1. The maximum Gasteiger partial charge on any atom is 0.153 e. The van der Waals surface area contributed by atoms with Crippen LogP contribution in [0.1, 0.15) is 26.7 Å². The van der Waals surface area contributed by atoms with Crippen molar-refractivity contribution in [3.8, 4) is 28.6 Å². The lowest BCUT2D eigenvalue weighted by Gasteiger charge is -2.37. The molecule has 0 radical (unpaired) electrons. The Hall–Kier alpha value is -7.76. The second kappa shape index (κ2) is 14.5. The second-order valence-electron chi connectivity index (χ2n) is 16.0. The number of aromatic nitrogens is 3. The summed E-state index contributed by atoms with van der Waals surface area (Å²) in [5, 5.41) is 7.39. The van der Waals surface area contributed by atoms with Gasteiger partial charge in [0.15, 0.2) is 11.5 Å². The zero-order valence-electron chi connectivity index (χ0n) is 34.7. The van der Waals surface area contributed by atoms with E-state index in [0.717, 1.165) is 63.8 Å². The molecule has 11 aromatic rings. The highest BCUT2D eigenvalue weighted by molar-refractivity contribution is 6.26. The first-order chi connectivity index (χ1) is 30.8. The van der Waals surface area contributed by atoms with E-state index in [4.69, 9.17) is 4.74 Å². The summed E-state index contributed by atoms with van der Waals surface area (Å²) in [6.45, 7) is 4.00. The first-order valence-corrected chi connectivity index (χ1v) is 21.9. The van der Waals surface area contributed by atoms with E-state index < -0.39 is 0 Å². The van der Waals surface area contributed by atoms with E-state index in [2.05, 4.69) is 219 Å². The van der Waals surface area contributed by atoms with Crippen molar-refractivity contribution in [3.63, 3.8) is 0 Å². The highest BCUT2D eigenvalue weighted by Gasteiger charge is 2.30. The lowest BCUT2D eigenvalue weighted by Crippen LogP contribution is -2.31. The number of hydrogen-bond acceptors (Lipinski definition) is 2. The molecule has 298 valence electrons. The van der Waals surface area contributed by atoms with Crippen LogP contribution in [0.25, 0.3) is 82.5 Å². The first-order valence-electron chi connectivity index (χ1n) is 21.9. The van der Waals surface area contributed by atoms with Crippen LogP contribution in [0.5, 0.6) is 11.5 Å². The van der Waals surface area contributed by atoms with Crippen LogP contribution in [0.2, 0.25) is 0 Å². The molecule has 1 unspecified atom stereocenters. The molecule has 13 rings (SSSR count). The highest BCUT2D eigenvalue weighted by atomic mass is 16.5. The van der Waals surface area contributed by atoms with Gasteiger partial charge in [-0.05, 0) is 91.7 Å². The van der Waals surface area contributed by atoms with E-state index in [1.54, 1.807) is 0 Å². The van der Waals surface area contributed by atoms with Gasteiger partial charge < -0.3 is 23.3 Å². The Balaban J connectivity index is 0.00000202. The molecule has 1 atom stereocenters. The van der Waals surface area contributed by atoms with Crippen molar-refractivity contribution in [2.75, 3.05) is 4.90 Å². The van der Waals surface area contributed by atoms with Crippen molar-refractivity contribution < 1.29 is 4.74 Å². The standard InChI is InChI=1S/C55H38N4O.C2H6/c1-2-5-17-37(16-4-1)57-49-26-14-15-27-52(49)60-53-35-39(29-32-50(53)57)58-47-25-13-10-22-43(47)54-51(58)33-30-42-40-20-8-12-24-46(40)59(55(42)54)38-28-31-48-44(34-38)41-21-9-11-23-45(41)56(48)36-18-6-3-7-19-36;1-2/h1-4,6-16,18-35,37H,5,17H2;1-2H3. The number of fused-ring (bicyclic) bond motifs is 12. The minimum atomic E-state index is 0.215. The smallest absolute Gasteiger partial charge is 0.153 e. The summed E-state index contributed by atoms with van der Waals surface area (Å²) in [7, 11) is 0. The van der Waals surface area contributed by atoms with Gasteiger partial charge in [-0.3, -0.25) is 0 Å². The fourth-order valence-corrected chi connectivity index (χ4v) is 10.2. The minimum Gasteiger partial charge on any atom is -0.453 e. The predicted molar refractivity (Wildman–Crippen MR) is 261 cm³/mol. The molecule has 8 aromatic carbocycles. The zero-order valence-corrected chi connectivity index (χ0v) is 34.7. The Bertz CT molecular complexity index is 3600. The van der Waals surface area contributed by atoms with Gasteiger partial charge in [-0.25, -0.2) is 0 Å². The molecular weight excluding hydrogens is 757 g/mol. The molecule has 5 nitrogen and oxygen atoms in total. The number of nitrogens with zero attached hydrogens (tertiary/aromatic N) is 4. The summed E-state index contributed by atoms with van der Waals surface area (Å²) in [5.41, 5.74) is 12.6. The SMILES string of the molecule is C1=CCCC(N2c3ccccc3Oc3cc(-n4c5ccccc5c5c4ccc4c6ccccc6n(-c6ccc7c(c6)c6ccccc6n7-c6ccccc6)c45)ccc32)C=C1.CC. The van der Waals surface area contributed by atoms with E-state index >= 15 is 0 Å². The largest absolute Gasteiger partial charge is 0.453 e. The topological polar surface area (TPSA) is 27.3 Å². The number of anilines is 2. The maximum atomic E-state index is 6.77. The molecule has 3 aromatic heterocycles. The lowest BCUT2D eigenvalue weighted by atomic mass is 10.0. The molecule has 0 saturated heterocycles. The van der Waals surface area contributed by atoms with Gasteiger partial charge in [-0.2, -0.15) is 0 Å². The van der Waals surface area contributed by atoms with Crippen molar-refractivity contribution in [2.24, 2.45) is 0 Å². The van der Waals surface area contributed by atoms with Gasteiger partial charge in [-0.15, -0.1) is 0 Å². The van der Waals surface area contributed by atoms with E-state index in [-0.39, 0.29) is 6.04 Å². The number of allylic oxidation sites excluding steroid dienone is 3. The summed E-state index contributed by atoms with van der Waals surface area (Å²) in [6.07, 6.45) is 11.0. The first kappa shape index (κ1) is 36.1. The molecule has 0 spiro atoms. The van der Waals surface area contributed by atoms with E-state index in [0.29, 0.717) is 0 Å². The molecular formula is C57H44N4O. The Morgan fingerprint density at radius 1 is 0.435 bits per heavy atom. The van der Waals surface area contributed by atoms with Gasteiger partial charge >= 0.3 is 0 Å². The molecule has 1 aliphatic heterocycles. The van der Waals surface area contributed by atoms with Crippen molar-refractivity contribution in [1.29, 1.82) is 0 Å². The van der Waals surface area contributed by atoms with Gasteiger partial charge in [0.25, 0.3) is 0 Å². The molecule has 0 bridgehead atoms. The van der Waals surface area contributed by atoms with Crippen LogP contribution >= 0.6 is 0 Å². The molecule has 0 N–H and O–H groups in total. The normalized spacial score (nSPS) is 14.6. The van der Waals surface area contributed by atoms with Crippen molar-refractivity contribution in [2.45, 2.75) is 32.7 Å². The Morgan fingerprint density at radius 3 is 1.85 bits per heavy atom. The van der Waals surface area contributed by atoms with Crippen LogP contribution in [-0.4, -0.2) is 19.7 Å². The minimum absolute atomic E-state index is 0.215. The van der Waals surface area contributed by atoms with Gasteiger partial charge in [0.1, 0.15) is 0 Å². The monoisotopic (exact) mass is 800 g/mol. The molecule has 62 heavy (non-hydrogen) atoms. The van der Waals surface area contributed by atoms with Crippen LogP contribution in [0, 0.1) is 0 Å². The summed E-state index contributed by atoms with van der Waals surface area (Å²) in [4.78, 5) is 2.46. The van der Waals surface area contributed by atoms with Crippen molar-refractivity contribution in [1.82, 2.24) is 13.7 Å². The molecule has 4 heterocycles. The second-order valence-corrected chi connectivity index (χ2v) is 16.0. The van der Waals surface area contributed by atoms with Crippen LogP contribution in [-0.2, 0) is 0 Å². The third kappa shape index (κ3) is 5.34. The number of benzene rings is 8. The third-order valence-electron chi connectivity index (χ3n) is 12.7. The Kier molecular flexibility index (Phi) is 8.42. The predicted octanol–water partition coefficient (Wildman–Crippen LogP) is 15.5. The van der Waals surface area contributed by atoms with Crippen LogP contribution in [0.3, 0.4) is 0 Å². The van der Waals surface area contributed by atoms with Crippen molar-refractivity contribution in [3.05, 3.63) is 200 Å². The molecule has 1 aliphatic carbocycles. The molecule has 0 saturated carbocycles. The zero-order chi connectivity index (χ0) is 41.3. The fourth-order valence-electron chi connectivity index (χ4n) is 10.2. The summed E-state index contributed by atoms with van der Waals surface area (Å²) < 4.78 is 14.1. The Morgan fingerprint density at radius 2 is 1.03 bits per heavy atom. The average molecular weight is 801 g/mol. The van der Waals surface area contributed by atoms with Gasteiger partial charge in [0.2, 0.25) is 0 Å². The summed E-state index contributed by atoms with van der Waals surface area (Å²) in [6, 6.07) is 64.2. The quantitative estimate of drug-likeness (QED) is 0.177. The van der Waals surface area contributed by atoms with Crippen LogP contribution in [0.15, 0.2) is 200 Å². The van der Waals surface area contributed by atoms with E-state index in [1.807, 2.05) is 13.8 Å². The van der Waals surface area contributed by atoms with Gasteiger partial charge in [0.05, 0.1) is 56.2 Å². The van der Waals surface area contributed by atoms with Crippen LogP contribution in [0.4, 0.5) is 11.4 Å². The maximum absolute atomic E-state index is 6.77. The van der Waals surface area contributed by atoms with Crippen molar-refractivity contribution >= 4 is 76.8 Å². The lowest BCUT2D eigenvalue weighted by molar-refractivity contribution is 0.468. The highest BCUT2D eigenvalue weighted by Crippen LogP contribution is 2.50. The summed E-state index contributed by atoms with van der Waals surface area (Å²) in [5.74, 6) is 1.74. The van der Waals surface area contributed by atoms with E-state index in [9.17, 15) is 0 Å².